The first-order chi connectivity index (χ1) is 12.0. The van der Waals surface area contributed by atoms with E-state index in [4.69, 9.17) is 0 Å². The Bertz CT molecular complexity index is 692. The van der Waals surface area contributed by atoms with Crippen LogP contribution in [0.5, 0.6) is 0 Å². The fourth-order valence-electron chi connectivity index (χ4n) is 2.10. The summed E-state index contributed by atoms with van der Waals surface area (Å²) in [7, 11) is 0. The van der Waals surface area contributed by atoms with Gasteiger partial charge in [-0.1, -0.05) is 46.3 Å². The summed E-state index contributed by atoms with van der Waals surface area (Å²) in [6, 6.07) is 17.6. The molecule has 0 spiro atoms. The van der Waals surface area contributed by atoms with Crippen molar-refractivity contribution < 1.29 is 9.59 Å². The van der Waals surface area contributed by atoms with Gasteiger partial charge >= 0.3 is 0 Å². The second kappa shape index (κ2) is 10.3. The lowest BCUT2D eigenvalue weighted by molar-refractivity contribution is -0.122. The number of halogens is 1. The van der Waals surface area contributed by atoms with Crippen LogP contribution >= 0.6 is 27.7 Å². The van der Waals surface area contributed by atoms with Crippen LogP contribution in [0.1, 0.15) is 18.9 Å². The molecular weight excluding hydrogens is 400 g/mol. The van der Waals surface area contributed by atoms with E-state index in [0.717, 1.165) is 14.9 Å². The Morgan fingerprint density at radius 3 is 2.40 bits per heavy atom. The standard InChI is InChI=1S/C19H21BrN2O2S/c1-14(25-17-9-7-16(20)8-10-17)19(24)21-12-11-18(23)22-13-15-5-3-2-4-6-15/h2-10,14H,11-13H2,1H3,(H,21,24)(H,22,23). The highest BCUT2D eigenvalue weighted by atomic mass is 79.9. The maximum atomic E-state index is 12.1. The SMILES string of the molecule is CC(Sc1ccc(Br)cc1)C(=O)NCCC(=O)NCc1ccccc1. The number of hydrogen-bond acceptors (Lipinski definition) is 3. The molecule has 0 heterocycles. The molecule has 0 aliphatic heterocycles. The molecule has 2 amide bonds. The molecule has 25 heavy (non-hydrogen) atoms. The number of nitrogens with one attached hydrogen (secondary N) is 2. The number of carbonyl (C=O) groups excluding carboxylic acids is 2. The van der Waals surface area contributed by atoms with Crippen LogP contribution in [0.25, 0.3) is 0 Å². The number of benzene rings is 2. The number of thioether (sulfide) groups is 1. The minimum Gasteiger partial charge on any atom is -0.355 e. The second-order valence-corrected chi connectivity index (χ2v) is 7.85. The van der Waals surface area contributed by atoms with Gasteiger partial charge in [0.25, 0.3) is 0 Å². The molecule has 2 rings (SSSR count). The van der Waals surface area contributed by atoms with Crippen molar-refractivity contribution in [1.29, 1.82) is 0 Å². The van der Waals surface area contributed by atoms with Gasteiger partial charge < -0.3 is 10.6 Å². The van der Waals surface area contributed by atoms with Crippen LogP contribution in [-0.2, 0) is 16.1 Å². The second-order valence-electron chi connectivity index (χ2n) is 5.52. The first-order valence-corrected chi connectivity index (χ1v) is 9.72. The van der Waals surface area contributed by atoms with E-state index in [9.17, 15) is 9.59 Å². The molecule has 0 saturated heterocycles. The summed E-state index contributed by atoms with van der Waals surface area (Å²) in [5, 5.41) is 5.45. The summed E-state index contributed by atoms with van der Waals surface area (Å²) >= 11 is 4.88. The average molecular weight is 421 g/mol. The normalized spacial score (nSPS) is 11.6. The molecule has 1 unspecified atom stereocenters. The minimum atomic E-state index is -0.214. The van der Waals surface area contributed by atoms with Gasteiger partial charge in [-0.3, -0.25) is 9.59 Å². The molecule has 2 aromatic rings. The average Bonchev–Trinajstić information content (AvgIpc) is 2.62. The molecule has 132 valence electrons. The third-order valence-corrected chi connectivity index (χ3v) is 5.12. The Labute approximate surface area is 160 Å². The van der Waals surface area contributed by atoms with Crippen molar-refractivity contribution in [2.45, 2.75) is 30.0 Å². The molecule has 0 saturated carbocycles. The number of hydrogen-bond donors (Lipinski definition) is 2. The van der Waals surface area contributed by atoms with E-state index in [0.29, 0.717) is 13.1 Å². The lowest BCUT2D eigenvalue weighted by Gasteiger charge is -2.12. The zero-order chi connectivity index (χ0) is 18.1. The fourth-order valence-corrected chi connectivity index (χ4v) is 3.25. The third kappa shape index (κ3) is 7.32. The quantitative estimate of drug-likeness (QED) is 0.639. The van der Waals surface area contributed by atoms with Gasteiger partial charge in [0, 0.05) is 28.9 Å². The van der Waals surface area contributed by atoms with Crippen LogP contribution in [-0.4, -0.2) is 23.6 Å². The first kappa shape index (κ1) is 19.5. The van der Waals surface area contributed by atoms with Crippen LogP contribution in [0.4, 0.5) is 0 Å². The van der Waals surface area contributed by atoms with Crippen molar-refractivity contribution in [3.05, 3.63) is 64.6 Å². The van der Waals surface area contributed by atoms with Gasteiger partial charge in [0.1, 0.15) is 0 Å². The predicted octanol–water partition coefficient (Wildman–Crippen LogP) is 3.75. The lowest BCUT2D eigenvalue weighted by atomic mass is 10.2. The molecule has 1 atom stereocenters. The summed E-state index contributed by atoms with van der Waals surface area (Å²) in [5.74, 6) is -0.138. The molecule has 4 nitrogen and oxygen atoms in total. The molecule has 0 aromatic heterocycles. The van der Waals surface area contributed by atoms with Crippen molar-refractivity contribution in [3.8, 4) is 0 Å². The van der Waals surface area contributed by atoms with E-state index in [-0.39, 0.29) is 23.5 Å². The Kier molecular flexibility index (Phi) is 8.01. The molecule has 2 N–H and O–H groups in total. The predicted molar refractivity (Wildman–Crippen MR) is 105 cm³/mol. The van der Waals surface area contributed by atoms with Gasteiger partial charge in [-0.25, -0.2) is 0 Å². The van der Waals surface area contributed by atoms with Gasteiger partial charge in [-0.15, -0.1) is 11.8 Å². The molecule has 0 aliphatic carbocycles. The van der Waals surface area contributed by atoms with Gasteiger partial charge in [-0.2, -0.15) is 0 Å². The van der Waals surface area contributed by atoms with Crippen LogP contribution in [0.3, 0.4) is 0 Å². The highest BCUT2D eigenvalue weighted by molar-refractivity contribution is 9.10. The summed E-state index contributed by atoms with van der Waals surface area (Å²) in [4.78, 5) is 25.0. The summed E-state index contributed by atoms with van der Waals surface area (Å²) in [5.41, 5.74) is 1.06. The lowest BCUT2D eigenvalue weighted by Crippen LogP contribution is -2.34. The van der Waals surface area contributed by atoms with E-state index >= 15 is 0 Å². The van der Waals surface area contributed by atoms with Crippen molar-refractivity contribution in [1.82, 2.24) is 10.6 Å². The van der Waals surface area contributed by atoms with Crippen molar-refractivity contribution in [2.75, 3.05) is 6.54 Å². The van der Waals surface area contributed by atoms with Gasteiger partial charge in [-0.05, 0) is 36.8 Å². The largest absolute Gasteiger partial charge is 0.355 e. The molecule has 0 bridgehead atoms. The minimum absolute atomic E-state index is 0.0659. The zero-order valence-electron chi connectivity index (χ0n) is 14.0. The molecule has 0 aliphatic rings. The summed E-state index contributed by atoms with van der Waals surface area (Å²) in [6.07, 6.45) is 0.272. The van der Waals surface area contributed by atoms with Gasteiger partial charge in [0.2, 0.25) is 11.8 Å². The third-order valence-electron chi connectivity index (χ3n) is 3.48. The van der Waals surface area contributed by atoms with Crippen LogP contribution in [0.2, 0.25) is 0 Å². The molecule has 2 aromatic carbocycles. The Morgan fingerprint density at radius 2 is 1.72 bits per heavy atom. The highest BCUT2D eigenvalue weighted by Gasteiger charge is 2.14. The highest BCUT2D eigenvalue weighted by Crippen LogP contribution is 2.24. The van der Waals surface area contributed by atoms with Crippen molar-refractivity contribution in [3.63, 3.8) is 0 Å². The number of carbonyl (C=O) groups is 2. The topological polar surface area (TPSA) is 58.2 Å². The van der Waals surface area contributed by atoms with Crippen molar-refractivity contribution >= 4 is 39.5 Å². The Morgan fingerprint density at radius 1 is 1.04 bits per heavy atom. The van der Waals surface area contributed by atoms with E-state index in [2.05, 4.69) is 26.6 Å². The van der Waals surface area contributed by atoms with Crippen LogP contribution < -0.4 is 10.6 Å². The van der Waals surface area contributed by atoms with E-state index in [1.54, 1.807) is 0 Å². The Balaban J connectivity index is 1.65. The maximum Gasteiger partial charge on any atom is 0.233 e. The zero-order valence-corrected chi connectivity index (χ0v) is 16.4. The number of rotatable bonds is 8. The number of amides is 2. The fraction of sp³-hybridized carbons (Fsp3) is 0.263. The summed E-state index contributed by atoms with van der Waals surface area (Å²) < 4.78 is 1.01. The van der Waals surface area contributed by atoms with Crippen LogP contribution in [0, 0.1) is 0 Å². The van der Waals surface area contributed by atoms with Crippen molar-refractivity contribution in [2.24, 2.45) is 0 Å². The van der Waals surface area contributed by atoms with E-state index in [1.165, 1.54) is 11.8 Å². The van der Waals surface area contributed by atoms with Gasteiger partial charge in [0.15, 0.2) is 0 Å². The Hall–Kier alpha value is -1.79. The smallest absolute Gasteiger partial charge is 0.233 e. The molecule has 0 fully saturated rings. The molecule has 0 radical (unpaired) electrons. The van der Waals surface area contributed by atoms with E-state index in [1.807, 2.05) is 61.5 Å². The van der Waals surface area contributed by atoms with E-state index < -0.39 is 0 Å². The molecular formula is C19H21BrN2O2S. The maximum absolute atomic E-state index is 12.1. The summed E-state index contributed by atoms with van der Waals surface area (Å²) in [6.45, 7) is 2.70. The monoisotopic (exact) mass is 420 g/mol. The molecule has 6 heteroatoms. The van der Waals surface area contributed by atoms with Crippen LogP contribution in [0.15, 0.2) is 64.0 Å². The first-order valence-electron chi connectivity index (χ1n) is 8.05. The van der Waals surface area contributed by atoms with Gasteiger partial charge in [0.05, 0.1) is 5.25 Å².